The molecule has 0 amide bonds. The third-order valence-electron chi connectivity index (χ3n) is 2.53. The van der Waals surface area contributed by atoms with E-state index in [0.717, 1.165) is 0 Å². The first kappa shape index (κ1) is 11.6. The molecule has 2 rings (SSSR count). The number of nitrogens with zero attached hydrogens (tertiary/aromatic N) is 3. The summed E-state index contributed by atoms with van der Waals surface area (Å²) in [5, 5.41) is 0. The maximum atomic E-state index is 11.1. The van der Waals surface area contributed by atoms with E-state index in [-0.39, 0.29) is 11.8 Å². The number of methoxy groups -OCH3 is 1. The standard InChI is InChI=1S/C10H14N4O3/c1-16-9-7(6-15)8(12-10(11)13-9)14-2-4-17-5-3-14/h6H,2-5H2,1H3,(H2,11,12,13). The molecule has 2 heterocycles. The molecule has 92 valence electrons. The number of rotatable bonds is 3. The van der Waals surface area contributed by atoms with Gasteiger partial charge in [-0.25, -0.2) is 0 Å². The summed E-state index contributed by atoms with van der Waals surface area (Å²) in [6.07, 6.45) is 0.684. The molecule has 1 fully saturated rings. The van der Waals surface area contributed by atoms with E-state index in [1.54, 1.807) is 0 Å². The smallest absolute Gasteiger partial charge is 0.230 e. The highest BCUT2D eigenvalue weighted by Gasteiger charge is 2.20. The molecule has 0 aliphatic carbocycles. The number of hydrogen-bond acceptors (Lipinski definition) is 7. The molecular weight excluding hydrogens is 224 g/mol. The zero-order valence-corrected chi connectivity index (χ0v) is 9.55. The van der Waals surface area contributed by atoms with Gasteiger partial charge < -0.3 is 20.1 Å². The molecule has 1 saturated heterocycles. The second-order valence-corrected chi connectivity index (χ2v) is 3.55. The lowest BCUT2D eigenvalue weighted by atomic mass is 10.2. The highest BCUT2D eigenvalue weighted by atomic mass is 16.5. The summed E-state index contributed by atoms with van der Waals surface area (Å²) in [6, 6.07) is 0. The lowest BCUT2D eigenvalue weighted by Gasteiger charge is -2.28. The van der Waals surface area contributed by atoms with Crippen LogP contribution in [0.2, 0.25) is 0 Å². The van der Waals surface area contributed by atoms with Crippen molar-refractivity contribution in [1.29, 1.82) is 0 Å². The summed E-state index contributed by atoms with van der Waals surface area (Å²) in [5.41, 5.74) is 5.91. The van der Waals surface area contributed by atoms with Gasteiger partial charge in [0.05, 0.1) is 20.3 Å². The molecule has 0 aromatic carbocycles. The first-order valence-corrected chi connectivity index (χ1v) is 5.25. The number of nitrogen functional groups attached to an aromatic ring is 1. The van der Waals surface area contributed by atoms with Crippen molar-refractivity contribution in [2.24, 2.45) is 0 Å². The maximum absolute atomic E-state index is 11.1. The Bertz CT molecular complexity index is 418. The summed E-state index contributed by atoms with van der Waals surface area (Å²) in [7, 11) is 1.44. The lowest BCUT2D eigenvalue weighted by molar-refractivity contribution is 0.111. The molecule has 17 heavy (non-hydrogen) atoms. The summed E-state index contributed by atoms with van der Waals surface area (Å²) in [6.45, 7) is 2.54. The summed E-state index contributed by atoms with van der Waals surface area (Å²) in [4.78, 5) is 21.0. The Morgan fingerprint density at radius 1 is 1.41 bits per heavy atom. The fraction of sp³-hybridized carbons (Fsp3) is 0.500. The molecule has 0 atom stereocenters. The highest BCUT2D eigenvalue weighted by molar-refractivity contribution is 5.86. The minimum atomic E-state index is 0.0916. The van der Waals surface area contributed by atoms with Gasteiger partial charge >= 0.3 is 0 Å². The molecule has 1 aliphatic heterocycles. The second kappa shape index (κ2) is 4.96. The van der Waals surface area contributed by atoms with Gasteiger partial charge in [-0.2, -0.15) is 9.97 Å². The van der Waals surface area contributed by atoms with Gasteiger partial charge in [-0.05, 0) is 0 Å². The number of aromatic nitrogens is 2. The van der Waals surface area contributed by atoms with Crippen molar-refractivity contribution in [3.05, 3.63) is 5.56 Å². The first-order valence-electron chi connectivity index (χ1n) is 5.25. The number of morpholine rings is 1. The van der Waals surface area contributed by atoms with Crippen molar-refractivity contribution in [3.8, 4) is 5.88 Å². The minimum absolute atomic E-state index is 0.0916. The fourth-order valence-electron chi connectivity index (χ4n) is 1.73. The zero-order chi connectivity index (χ0) is 12.3. The van der Waals surface area contributed by atoms with Crippen LogP contribution in [0.1, 0.15) is 10.4 Å². The van der Waals surface area contributed by atoms with E-state index in [2.05, 4.69) is 9.97 Å². The van der Waals surface area contributed by atoms with Crippen LogP contribution >= 0.6 is 0 Å². The van der Waals surface area contributed by atoms with Crippen LogP contribution in [0.15, 0.2) is 0 Å². The van der Waals surface area contributed by atoms with Gasteiger partial charge in [-0.15, -0.1) is 0 Å². The van der Waals surface area contributed by atoms with E-state index >= 15 is 0 Å². The van der Waals surface area contributed by atoms with Crippen molar-refractivity contribution in [2.75, 3.05) is 44.0 Å². The van der Waals surface area contributed by atoms with E-state index in [9.17, 15) is 4.79 Å². The van der Waals surface area contributed by atoms with Gasteiger partial charge in [0, 0.05) is 13.1 Å². The van der Waals surface area contributed by atoms with Gasteiger partial charge in [0.1, 0.15) is 11.4 Å². The van der Waals surface area contributed by atoms with Gasteiger partial charge in [0.15, 0.2) is 6.29 Å². The van der Waals surface area contributed by atoms with Crippen LogP contribution in [0.3, 0.4) is 0 Å². The quantitative estimate of drug-likeness (QED) is 0.724. The molecule has 7 nitrogen and oxygen atoms in total. The minimum Gasteiger partial charge on any atom is -0.480 e. The van der Waals surface area contributed by atoms with E-state index in [0.29, 0.717) is 44.0 Å². The predicted molar refractivity (Wildman–Crippen MR) is 61.4 cm³/mol. The largest absolute Gasteiger partial charge is 0.480 e. The molecule has 1 aromatic rings. The molecule has 0 bridgehead atoms. The SMILES string of the molecule is COc1nc(N)nc(N2CCOCC2)c1C=O. The van der Waals surface area contributed by atoms with E-state index in [1.165, 1.54) is 7.11 Å². The third-order valence-corrected chi connectivity index (χ3v) is 2.53. The number of carbonyl (C=O) groups excluding carboxylic acids is 1. The van der Waals surface area contributed by atoms with Crippen molar-refractivity contribution < 1.29 is 14.3 Å². The molecule has 1 aliphatic rings. The predicted octanol–water partition coefficient (Wildman–Crippen LogP) is -0.283. The van der Waals surface area contributed by atoms with Crippen molar-refractivity contribution in [3.63, 3.8) is 0 Å². The zero-order valence-electron chi connectivity index (χ0n) is 9.55. The number of nitrogens with two attached hydrogens (primary N) is 1. The van der Waals surface area contributed by atoms with Crippen LogP contribution in [0.4, 0.5) is 11.8 Å². The molecule has 2 N–H and O–H groups in total. The molecule has 7 heteroatoms. The summed E-state index contributed by atoms with van der Waals surface area (Å²) >= 11 is 0. The normalized spacial score (nSPS) is 15.7. The van der Waals surface area contributed by atoms with Crippen molar-refractivity contribution in [2.45, 2.75) is 0 Å². The number of hydrogen-bond donors (Lipinski definition) is 1. The Hall–Kier alpha value is -1.89. The fourth-order valence-corrected chi connectivity index (χ4v) is 1.73. The number of aldehydes is 1. The Labute approximate surface area is 98.5 Å². The van der Waals surface area contributed by atoms with E-state index in [4.69, 9.17) is 15.2 Å². The Morgan fingerprint density at radius 2 is 2.12 bits per heavy atom. The van der Waals surface area contributed by atoms with E-state index in [1.807, 2.05) is 4.90 Å². The Kier molecular flexibility index (Phi) is 3.38. The molecule has 0 unspecified atom stereocenters. The van der Waals surface area contributed by atoms with Crippen molar-refractivity contribution in [1.82, 2.24) is 9.97 Å². The van der Waals surface area contributed by atoms with Crippen LogP contribution < -0.4 is 15.4 Å². The van der Waals surface area contributed by atoms with Crippen molar-refractivity contribution >= 4 is 18.1 Å². The monoisotopic (exact) mass is 238 g/mol. The topological polar surface area (TPSA) is 90.6 Å². The van der Waals surface area contributed by atoms with Crippen LogP contribution in [0, 0.1) is 0 Å². The molecule has 1 aromatic heterocycles. The summed E-state index contributed by atoms with van der Waals surface area (Å²) in [5.74, 6) is 0.801. The lowest BCUT2D eigenvalue weighted by Crippen LogP contribution is -2.37. The molecular formula is C10H14N4O3. The van der Waals surface area contributed by atoms with Gasteiger partial charge in [-0.3, -0.25) is 4.79 Å². The van der Waals surface area contributed by atoms with Gasteiger partial charge in [0.25, 0.3) is 0 Å². The van der Waals surface area contributed by atoms with Gasteiger partial charge in [0.2, 0.25) is 11.8 Å². The molecule has 0 radical (unpaired) electrons. The third kappa shape index (κ3) is 2.28. The van der Waals surface area contributed by atoms with Gasteiger partial charge in [-0.1, -0.05) is 0 Å². The second-order valence-electron chi connectivity index (χ2n) is 3.55. The number of carbonyl (C=O) groups is 1. The average molecular weight is 238 g/mol. The Morgan fingerprint density at radius 3 is 2.71 bits per heavy atom. The first-order chi connectivity index (χ1) is 8.26. The summed E-state index contributed by atoms with van der Waals surface area (Å²) < 4.78 is 10.3. The van der Waals surface area contributed by atoms with Crippen LogP contribution in [0.25, 0.3) is 0 Å². The highest BCUT2D eigenvalue weighted by Crippen LogP contribution is 2.25. The van der Waals surface area contributed by atoms with Crippen LogP contribution in [0.5, 0.6) is 5.88 Å². The maximum Gasteiger partial charge on any atom is 0.230 e. The van der Waals surface area contributed by atoms with Crippen LogP contribution in [-0.2, 0) is 4.74 Å². The number of ether oxygens (including phenoxy) is 2. The number of anilines is 2. The average Bonchev–Trinajstić information content (AvgIpc) is 2.38. The Balaban J connectivity index is 2.42. The molecule has 0 spiro atoms. The van der Waals surface area contributed by atoms with Crippen LogP contribution in [-0.4, -0.2) is 49.7 Å². The molecule has 0 saturated carbocycles. The van der Waals surface area contributed by atoms with E-state index < -0.39 is 0 Å².